The summed E-state index contributed by atoms with van der Waals surface area (Å²) in [5, 5.41) is 5.84. The fraction of sp³-hybridized carbons (Fsp3) is 0.630. The minimum absolute atomic E-state index is 0.0691. The summed E-state index contributed by atoms with van der Waals surface area (Å²) in [5.41, 5.74) is 1.92. The quantitative estimate of drug-likeness (QED) is 0.549. The number of piperazine rings is 1. The largest absolute Gasteiger partial charge is 0.491 e. The van der Waals surface area contributed by atoms with Gasteiger partial charge >= 0.3 is 12.0 Å². The van der Waals surface area contributed by atoms with E-state index in [-0.39, 0.29) is 18.7 Å². The number of rotatable bonds is 8. The SMILES string of the molecule is CCOC(=O)C1=C(CN2CCN(C3CCCCC3)CC2)NC(=O)N[C@H]1c1ccc(OC(C)C)cc1. The van der Waals surface area contributed by atoms with E-state index in [0.29, 0.717) is 23.9 Å². The molecule has 0 aromatic heterocycles. The molecule has 0 radical (unpaired) electrons. The fourth-order valence-corrected chi connectivity index (χ4v) is 5.41. The second-order valence-corrected chi connectivity index (χ2v) is 9.98. The zero-order valence-corrected chi connectivity index (χ0v) is 21.3. The molecule has 0 bridgehead atoms. The van der Waals surface area contributed by atoms with Crippen molar-refractivity contribution in [2.24, 2.45) is 0 Å². The summed E-state index contributed by atoms with van der Waals surface area (Å²) in [6.45, 7) is 10.4. The lowest BCUT2D eigenvalue weighted by Crippen LogP contribution is -2.53. The van der Waals surface area contributed by atoms with Crippen molar-refractivity contribution in [3.05, 3.63) is 41.1 Å². The summed E-state index contributed by atoms with van der Waals surface area (Å²) in [5.74, 6) is 0.352. The van der Waals surface area contributed by atoms with E-state index >= 15 is 0 Å². The van der Waals surface area contributed by atoms with Crippen LogP contribution in [0.2, 0.25) is 0 Å². The molecule has 1 aromatic rings. The van der Waals surface area contributed by atoms with Crippen molar-refractivity contribution in [2.45, 2.75) is 71.1 Å². The number of hydrogen-bond acceptors (Lipinski definition) is 6. The number of carbonyl (C=O) groups is 2. The summed E-state index contributed by atoms with van der Waals surface area (Å²) in [6, 6.07) is 7.37. The van der Waals surface area contributed by atoms with Gasteiger partial charge in [0.05, 0.1) is 24.3 Å². The Morgan fingerprint density at radius 2 is 1.74 bits per heavy atom. The van der Waals surface area contributed by atoms with E-state index in [1.165, 1.54) is 32.1 Å². The Bertz CT molecular complexity index is 900. The summed E-state index contributed by atoms with van der Waals surface area (Å²) in [6.07, 6.45) is 6.73. The predicted octanol–water partition coefficient (Wildman–Crippen LogP) is 3.60. The van der Waals surface area contributed by atoms with Gasteiger partial charge in [0.25, 0.3) is 0 Å². The first-order valence-electron chi connectivity index (χ1n) is 13.1. The first-order valence-corrected chi connectivity index (χ1v) is 13.1. The number of hydrogen-bond donors (Lipinski definition) is 2. The predicted molar refractivity (Wildman–Crippen MR) is 135 cm³/mol. The van der Waals surface area contributed by atoms with E-state index in [2.05, 4.69) is 20.4 Å². The van der Waals surface area contributed by atoms with Crippen LogP contribution in [-0.2, 0) is 9.53 Å². The third-order valence-corrected chi connectivity index (χ3v) is 7.11. The number of nitrogens with one attached hydrogen (secondary N) is 2. The van der Waals surface area contributed by atoms with E-state index in [9.17, 15) is 9.59 Å². The second-order valence-electron chi connectivity index (χ2n) is 9.98. The zero-order valence-electron chi connectivity index (χ0n) is 21.3. The van der Waals surface area contributed by atoms with Crippen LogP contribution in [0.3, 0.4) is 0 Å². The zero-order chi connectivity index (χ0) is 24.8. The van der Waals surface area contributed by atoms with Gasteiger partial charge in [-0.05, 0) is 51.3 Å². The average Bonchev–Trinajstić information content (AvgIpc) is 2.85. The van der Waals surface area contributed by atoms with Crippen LogP contribution in [0.4, 0.5) is 4.79 Å². The number of benzene rings is 1. The molecule has 0 spiro atoms. The minimum Gasteiger partial charge on any atom is -0.491 e. The van der Waals surface area contributed by atoms with Gasteiger partial charge in [-0.25, -0.2) is 9.59 Å². The molecule has 1 atom stereocenters. The summed E-state index contributed by atoms with van der Waals surface area (Å²) < 4.78 is 11.2. The number of nitrogens with zero attached hydrogens (tertiary/aromatic N) is 2. The molecule has 1 saturated carbocycles. The van der Waals surface area contributed by atoms with Crippen LogP contribution in [0.25, 0.3) is 0 Å². The highest BCUT2D eigenvalue weighted by molar-refractivity contribution is 5.95. The van der Waals surface area contributed by atoms with Gasteiger partial charge in [0.15, 0.2) is 0 Å². The van der Waals surface area contributed by atoms with Gasteiger partial charge in [-0.15, -0.1) is 0 Å². The Labute approximate surface area is 209 Å². The van der Waals surface area contributed by atoms with E-state index in [0.717, 1.165) is 37.5 Å². The number of urea groups is 1. The van der Waals surface area contributed by atoms with Crippen molar-refractivity contribution < 1.29 is 19.1 Å². The molecule has 2 heterocycles. The molecule has 1 aromatic carbocycles. The molecule has 2 aliphatic heterocycles. The first kappa shape index (κ1) is 25.5. The third-order valence-electron chi connectivity index (χ3n) is 7.11. The van der Waals surface area contributed by atoms with Crippen LogP contribution in [0.1, 0.15) is 64.5 Å². The molecular formula is C27H40N4O4. The van der Waals surface area contributed by atoms with Gasteiger partial charge in [0.2, 0.25) is 0 Å². The Morgan fingerprint density at radius 1 is 1.06 bits per heavy atom. The minimum atomic E-state index is -0.575. The van der Waals surface area contributed by atoms with Crippen molar-refractivity contribution in [3.8, 4) is 5.75 Å². The van der Waals surface area contributed by atoms with Crippen molar-refractivity contribution in [1.82, 2.24) is 20.4 Å². The lowest BCUT2D eigenvalue weighted by atomic mass is 9.93. The topological polar surface area (TPSA) is 83.1 Å². The lowest BCUT2D eigenvalue weighted by Gasteiger charge is -2.41. The number of esters is 1. The molecule has 2 N–H and O–H groups in total. The van der Waals surface area contributed by atoms with Gasteiger partial charge in [0, 0.05) is 44.5 Å². The Kier molecular flexibility index (Phi) is 8.68. The maximum absolute atomic E-state index is 13.1. The molecule has 2 amide bonds. The van der Waals surface area contributed by atoms with E-state index < -0.39 is 12.0 Å². The van der Waals surface area contributed by atoms with Crippen LogP contribution in [-0.4, -0.2) is 73.3 Å². The van der Waals surface area contributed by atoms with Gasteiger partial charge in [-0.1, -0.05) is 31.4 Å². The van der Waals surface area contributed by atoms with E-state index in [1.807, 2.05) is 38.1 Å². The number of carbonyl (C=O) groups excluding carboxylic acids is 2. The average molecular weight is 485 g/mol. The molecule has 3 aliphatic rings. The Hall–Kier alpha value is -2.58. The summed E-state index contributed by atoms with van der Waals surface area (Å²) in [7, 11) is 0. The van der Waals surface area contributed by atoms with Crippen LogP contribution >= 0.6 is 0 Å². The molecule has 1 saturated heterocycles. The van der Waals surface area contributed by atoms with Gasteiger partial charge in [-0.2, -0.15) is 0 Å². The van der Waals surface area contributed by atoms with Crippen molar-refractivity contribution in [3.63, 3.8) is 0 Å². The monoisotopic (exact) mass is 484 g/mol. The molecule has 1 aliphatic carbocycles. The van der Waals surface area contributed by atoms with Crippen LogP contribution < -0.4 is 15.4 Å². The molecule has 8 heteroatoms. The molecule has 2 fully saturated rings. The standard InChI is InChI=1S/C27H40N4O4/c1-4-34-26(32)24-23(18-30-14-16-31(17-15-30)21-8-6-5-7-9-21)28-27(33)29-25(24)20-10-12-22(13-11-20)35-19(2)3/h10-13,19,21,25H,4-9,14-18H2,1-3H3,(H2,28,29,33)/t25-/m0/s1. The highest BCUT2D eigenvalue weighted by atomic mass is 16.5. The van der Waals surface area contributed by atoms with Gasteiger partial charge in [0.1, 0.15) is 5.75 Å². The first-order chi connectivity index (χ1) is 16.9. The highest BCUT2D eigenvalue weighted by Gasteiger charge is 2.35. The van der Waals surface area contributed by atoms with Crippen LogP contribution in [0.15, 0.2) is 35.5 Å². The highest BCUT2D eigenvalue weighted by Crippen LogP contribution is 2.30. The number of ether oxygens (including phenoxy) is 2. The molecule has 35 heavy (non-hydrogen) atoms. The Balaban J connectivity index is 1.51. The van der Waals surface area contributed by atoms with Crippen LogP contribution in [0, 0.1) is 0 Å². The van der Waals surface area contributed by atoms with Gasteiger partial charge in [-0.3, -0.25) is 9.80 Å². The molecule has 0 unspecified atom stereocenters. The molecule has 192 valence electrons. The molecular weight excluding hydrogens is 444 g/mol. The van der Waals surface area contributed by atoms with E-state index in [4.69, 9.17) is 9.47 Å². The number of amides is 2. The maximum Gasteiger partial charge on any atom is 0.338 e. The fourth-order valence-electron chi connectivity index (χ4n) is 5.41. The van der Waals surface area contributed by atoms with Crippen molar-refractivity contribution in [2.75, 3.05) is 39.3 Å². The van der Waals surface area contributed by atoms with Crippen molar-refractivity contribution >= 4 is 12.0 Å². The van der Waals surface area contributed by atoms with Gasteiger partial charge < -0.3 is 20.1 Å². The Morgan fingerprint density at radius 3 is 2.37 bits per heavy atom. The summed E-state index contributed by atoms with van der Waals surface area (Å²) >= 11 is 0. The maximum atomic E-state index is 13.1. The van der Waals surface area contributed by atoms with Crippen LogP contribution in [0.5, 0.6) is 5.75 Å². The molecule has 8 nitrogen and oxygen atoms in total. The van der Waals surface area contributed by atoms with E-state index in [1.54, 1.807) is 6.92 Å². The molecule has 4 rings (SSSR count). The normalized spacial score (nSPS) is 22.6. The second kappa shape index (κ2) is 11.9. The smallest absolute Gasteiger partial charge is 0.338 e. The third kappa shape index (κ3) is 6.55. The van der Waals surface area contributed by atoms with Crippen molar-refractivity contribution in [1.29, 1.82) is 0 Å². The summed E-state index contributed by atoms with van der Waals surface area (Å²) in [4.78, 5) is 30.7. The lowest BCUT2D eigenvalue weighted by molar-refractivity contribution is -0.139.